The smallest absolute Gasteiger partial charge is 0.401 e. The Morgan fingerprint density at radius 1 is 1.24 bits per heavy atom. The average molecular weight is 303 g/mol. The summed E-state index contributed by atoms with van der Waals surface area (Å²) in [5, 5.41) is 0. The monoisotopic (exact) mass is 303 g/mol. The van der Waals surface area contributed by atoms with E-state index in [1.165, 1.54) is 11.8 Å². The second-order valence-electron chi connectivity index (χ2n) is 4.79. The molecule has 0 fully saturated rings. The third kappa shape index (κ3) is 6.62. The van der Waals surface area contributed by atoms with Gasteiger partial charge in [-0.3, -0.25) is 9.69 Å². The zero-order valence-corrected chi connectivity index (χ0v) is 12.2. The first-order valence-electron chi connectivity index (χ1n) is 6.85. The van der Waals surface area contributed by atoms with E-state index in [1.807, 2.05) is 6.92 Å². The van der Waals surface area contributed by atoms with E-state index in [9.17, 15) is 18.0 Å². The van der Waals surface area contributed by atoms with Crippen LogP contribution in [-0.2, 0) is 0 Å². The Bertz CT molecular complexity index is 460. The molecule has 21 heavy (non-hydrogen) atoms. The lowest BCUT2D eigenvalue weighted by atomic mass is 10.1. The number of ketones is 1. The first-order valence-corrected chi connectivity index (χ1v) is 6.85. The molecule has 3 nitrogen and oxygen atoms in total. The minimum atomic E-state index is -4.22. The van der Waals surface area contributed by atoms with Crippen molar-refractivity contribution < 1.29 is 22.7 Å². The summed E-state index contributed by atoms with van der Waals surface area (Å²) >= 11 is 0. The molecule has 118 valence electrons. The van der Waals surface area contributed by atoms with Gasteiger partial charge in [0.25, 0.3) is 0 Å². The van der Waals surface area contributed by atoms with E-state index < -0.39 is 12.7 Å². The fourth-order valence-corrected chi connectivity index (χ4v) is 2.01. The SMILES string of the molecule is CCCN(CCOc1ccccc1C(C)=O)CC(F)(F)F. The van der Waals surface area contributed by atoms with Crippen molar-refractivity contribution in [3.63, 3.8) is 0 Å². The van der Waals surface area contributed by atoms with Gasteiger partial charge < -0.3 is 4.74 Å². The lowest BCUT2D eigenvalue weighted by Crippen LogP contribution is -2.37. The number of hydrogen-bond acceptors (Lipinski definition) is 3. The molecule has 1 aromatic rings. The van der Waals surface area contributed by atoms with Gasteiger partial charge in [-0.05, 0) is 32.0 Å². The summed E-state index contributed by atoms with van der Waals surface area (Å²) in [7, 11) is 0. The van der Waals surface area contributed by atoms with E-state index in [0.717, 1.165) is 0 Å². The van der Waals surface area contributed by atoms with Crippen molar-refractivity contribution in [3.8, 4) is 5.75 Å². The van der Waals surface area contributed by atoms with Crippen LogP contribution in [0.3, 0.4) is 0 Å². The molecule has 0 radical (unpaired) electrons. The molecule has 0 spiro atoms. The Morgan fingerprint density at radius 3 is 2.48 bits per heavy atom. The first-order chi connectivity index (χ1) is 9.83. The Kier molecular flexibility index (Phi) is 6.68. The summed E-state index contributed by atoms with van der Waals surface area (Å²) in [5.41, 5.74) is 0.440. The molecule has 0 aliphatic carbocycles. The highest BCUT2D eigenvalue weighted by atomic mass is 19.4. The molecule has 0 aromatic heterocycles. The number of benzene rings is 1. The van der Waals surface area contributed by atoms with Gasteiger partial charge in [-0.1, -0.05) is 19.1 Å². The van der Waals surface area contributed by atoms with Gasteiger partial charge in [0.15, 0.2) is 5.78 Å². The van der Waals surface area contributed by atoms with Crippen LogP contribution in [0, 0.1) is 0 Å². The first kappa shape index (κ1) is 17.5. The van der Waals surface area contributed by atoms with Crippen LogP contribution in [0.25, 0.3) is 0 Å². The van der Waals surface area contributed by atoms with Crippen molar-refractivity contribution in [1.29, 1.82) is 0 Å². The molecular weight excluding hydrogens is 283 g/mol. The second kappa shape index (κ2) is 8.02. The number of nitrogens with zero attached hydrogens (tertiary/aromatic N) is 1. The number of carbonyl (C=O) groups excluding carboxylic acids is 1. The number of Topliss-reactive ketones (excluding diaryl/α,β-unsaturated/α-hetero) is 1. The van der Waals surface area contributed by atoms with Crippen LogP contribution in [0.2, 0.25) is 0 Å². The van der Waals surface area contributed by atoms with Crippen molar-refractivity contribution in [3.05, 3.63) is 29.8 Å². The largest absolute Gasteiger partial charge is 0.491 e. The van der Waals surface area contributed by atoms with Crippen molar-refractivity contribution in [2.45, 2.75) is 26.4 Å². The quantitative estimate of drug-likeness (QED) is 0.688. The molecule has 6 heteroatoms. The molecular formula is C15H20F3NO2. The Hall–Kier alpha value is -1.56. The summed E-state index contributed by atoms with van der Waals surface area (Å²) in [4.78, 5) is 12.7. The molecule has 0 saturated carbocycles. The molecule has 1 rings (SSSR count). The third-order valence-corrected chi connectivity index (χ3v) is 2.87. The van der Waals surface area contributed by atoms with E-state index in [4.69, 9.17) is 4.74 Å². The van der Waals surface area contributed by atoms with Gasteiger partial charge >= 0.3 is 6.18 Å². The Labute approximate surface area is 122 Å². The van der Waals surface area contributed by atoms with Crippen molar-refractivity contribution in [2.24, 2.45) is 0 Å². The molecule has 0 aliphatic rings. The predicted octanol–water partition coefficient (Wildman–Crippen LogP) is 3.54. The van der Waals surface area contributed by atoms with Gasteiger partial charge in [0, 0.05) is 6.54 Å². The maximum Gasteiger partial charge on any atom is 0.401 e. The summed E-state index contributed by atoms with van der Waals surface area (Å²) < 4.78 is 42.7. The summed E-state index contributed by atoms with van der Waals surface area (Å²) in [6.45, 7) is 2.94. The number of halogens is 3. The molecule has 0 aliphatic heterocycles. The zero-order chi connectivity index (χ0) is 15.9. The zero-order valence-electron chi connectivity index (χ0n) is 12.2. The number of alkyl halides is 3. The van der Waals surface area contributed by atoms with Gasteiger partial charge in [0.2, 0.25) is 0 Å². The van der Waals surface area contributed by atoms with Crippen LogP contribution in [0.15, 0.2) is 24.3 Å². The molecule has 0 saturated heterocycles. The molecule has 0 amide bonds. The Morgan fingerprint density at radius 2 is 1.90 bits per heavy atom. The van der Waals surface area contributed by atoms with E-state index in [0.29, 0.717) is 24.3 Å². The highest BCUT2D eigenvalue weighted by Gasteiger charge is 2.30. The minimum absolute atomic E-state index is 0.111. The third-order valence-electron chi connectivity index (χ3n) is 2.87. The topological polar surface area (TPSA) is 29.5 Å². The Balaban J connectivity index is 2.56. The fourth-order valence-electron chi connectivity index (χ4n) is 2.01. The van der Waals surface area contributed by atoms with Gasteiger partial charge in [0.1, 0.15) is 12.4 Å². The number of rotatable bonds is 8. The number of ether oxygens (including phenoxy) is 1. The van der Waals surface area contributed by atoms with Crippen LogP contribution < -0.4 is 4.74 Å². The highest BCUT2D eigenvalue weighted by molar-refractivity contribution is 5.96. The maximum absolute atomic E-state index is 12.4. The molecule has 0 bridgehead atoms. The van der Waals surface area contributed by atoms with Crippen molar-refractivity contribution in [1.82, 2.24) is 4.90 Å². The maximum atomic E-state index is 12.4. The van der Waals surface area contributed by atoms with E-state index in [-0.39, 0.29) is 18.9 Å². The van der Waals surface area contributed by atoms with Crippen LogP contribution >= 0.6 is 0 Å². The van der Waals surface area contributed by atoms with E-state index in [2.05, 4.69) is 0 Å². The summed E-state index contributed by atoms with van der Waals surface area (Å²) in [6, 6.07) is 6.72. The van der Waals surface area contributed by atoms with Crippen LogP contribution in [-0.4, -0.2) is 43.1 Å². The second-order valence-corrected chi connectivity index (χ2v) is 4.79. The summed E-state index contributed by atoms with van der Waals surface area (Å²) in [6.07, 6.45) is -3.58. The predicted molar refractivity (Wildman–Crippen MR) is 74.7 cm³/mol. The van der Waals surface area contributed by atoms with Crippen LogP contribution in [0.4, 0.5) is 13.2 Å². The van der Waals surface area contributed by atoms with Crippen LogP contribution in [0.5, 0.6) is 5.75 Å². The minimum Gasteiger partial charge on any atom is -0.491 e. The van der Waals surface area contributed by atoms with Gasteiger partial charge in [-0.25, -0.2) is 0 Å². The molecule has 1 aromatic carbocycles. The number of hydrogen-bond donors (Lipinski definition) is 0. The number of para-hydroxylation sites is 1. The van der Waals surface area contributed by atoms with E-state index in [1.54, 1.807) is 24.3 Å². The van der Waals surface area contributed by atoms with Crippen LogP contribution in [0.1, 0.15) is 30.6 Å². The van der Waals surface area contributed by atoms with Gasteiger partial charge in [-0.15, -0.1) is 0 Å². The van der Waals surface area contributed by atoms with Crippen molar-refractivity contribution >= 4 is 5.78 Å². The molecule has 0 atom stereocenters. The lowest BCUT2D eigenvalue weighted by molar-refractivity contribution is -0.146. The van der Waals surface area contributed by atoms with Gasteiger partial charge in [0.05, 0.1) is 12.1 Å². The fraction of sp³-hybridized carbons (Fsp3) is 0.533. The average Bonchev–Trinajstić information content (AvgIpc) is 2.37. The van der Waals surface area contributed by atoms with Crippen molar-refractivity contribution in [2.75, 3.05) is 26.2 Å². The standard InChI is InChI=1S/C15H20F3NO2/c1-3-8-19(11-15(16,17)18)9-10-21-14-7-5-4-6-13(14)12(2)20/h4-7H,3,8-11H2,1-2H3. The lowest BCUT2D eigenvalue weighted by Gasteiger charge is -2.23. The molecule has 0 unspecified atom stereocenters. The highest BCUT2D eigenvalue weighted by Crippen LogP contribution is 2.19. The van der Waals surface area contributed by atoms with E-state index >= 15 is 0 Å². The summed E-state index contributed by atoms with van der Waals surface area (Å²) in [5.74, 6) is 0.278. The number of carbonyl (C=O) groups is 1. The molecule has 0 heterocycles. The normalized spacial score (nSPS) is 11.7. The molecule has 0 N–H and O–H groups in total. The van der Waals surface area contributed by atoms with Gasteiger partial charge in [-0.2, -0.15) is 13.2 Å².